The first-order valence-electron chi connectivity index (χ1n) is 5.61. The molecule has 1 heterocycles. The fourth-order valence-electron chi connectivity index (χ4n) is 2.26. The van der Waals surface area contributed by atoms with Crippen LogP contribution in [-0.2, 0) is 11.2 Å². The number of fused-ring (bicyclic) bond motifs is 1. The van der Waals surface area contributed by atoms with Gasteiger partial charge < -0.3 is 9.84 Å². The number of ether oxygens (including phenoxy) is 1. The van der Waals surface area contributed by atoms with Gasteiger partial charge in [0.15, 0.2) is 0 Å². The van der Waals surface area contributed by atoms with Crippen molar-refractivity contribution >= 4 is 5.97 Å². The van der Waals surface area contributed by atoms with Crippen LogP contribution in [0.15, 0.2) is 18.2 Å². The SMILES string of the molecule is CCC1Oc2cccc(C)c2CC1C(=O)O. The van der Waals surface area contributed by atoms with Crippen LogP contribution in [0.1, 0.15) is 24.5 Å². The average Bonchev–Trinajstić information content (AvgIpc) is 2.27. The summed E-state index contributed by atoms with van der Waals surface area (Å²) in [5.41, 5.74) is 2.15. The predicted molar refractivity (Wildman–Crippen MR) is 60.7 cm³/mol. The van der Waals surface area contributed by atoms with Crippen molar-refractivity contribution in [3.05, 3.63) is 29.3 Å². The summed E-state index contributed by atoms with van der Waals surface area (Å²) in [4.78, 5) is 11.2. The normalized spacial score (nSPS) is 23.4. The number of aryl methyl sites for hydroxylation is 1. The Kier molecular flexibility index (Phi) is 2.86. The van der Waals surface area contributed by atoms with Gasteiger partial charge in [-0.05, 0) is 37.0 Å². The van der Waals surface area contributed by atoms with Crippen molar-refractivity contribution in [1.82, 2.24) is 0 Å². The van der Waals surface area contributed by atoms with Gasteiger partial charge in [-0.1, -0.05) is 19.1 Å². The molecule has 2 rings (SSSR count). The lowest BCUT2D eigenvalue weighted by Gasteiger charge is -2.31. The van der Waals surface area contributed by atoms with Crippen LogP contribution in [0, 0.1) is 12.8 Å². The van der Waals surface area contributed by atoms with Crippen molar-refractivity contribution in [1.29, 1.82) is 0 Å². The molecule has 0 spiro atoms. The Morgan fingerprint density at radius 3 is 2.94 bits per heavy atom. The molecule has 0 fully saturated rings. The standard InChI is InChI=1S/C13H16O3/c1-3-11-10(13(14)15)7-9-8(2)5-4-6-12(9)16-11/h4-6,10-11H,3,7H2,1-2H3,(H,14,15). The molecule has 1 aromatic carbocycles. The predicted octanol–water partition coefficient (Wildman–Crippen LogP) is 2.41. The number of carboxylic acids is 1. The Labute approximate surface area is 95.0 Å². The molecule has 0 saturated carbocycles. The highest BCUT2D eigenvalue weighted by atomic mass is 16.5. The van der Waals surface area contributed by atoms with Crippen LogP contribution in [0.3, 0.4) is 0 Å². The molecule has 2 unspecified atom stereocenters. The third kappa shape index (κ3) is 1.77. The molecule has 1 N–H and O–H groups in total. The Morgan fingerprint density at radius 1 is 1.56 bits per heavy atom. The summed E-state index contributed by atoms with van der Waals surface area (Å²) in [5.74, 6) is -0.330. The molecule has 1 aliphatic heterocycles. The zero-order valence-electron chi connectivity index (χ0n) is 9.56. The molecule has 86 valence electrons. The van der Waals surface area contributed by atoms with Crippen molar-refractivity contribution in [3.8, 4) is 5.75 Å². The first-order chi connectivity index (χ1) is 7.63. The van der Waals surface area contributed by atoms with Crippen LogP contribution in [0.4, 0.5) is 0 Å². The number of aliphatic carboxylic acids is 1. The van der Waals surface area contributed by atoms with Gasteiger partial charge in [-0.2, -0.15) is 0 Å². The van der Waals surface area contributed by atoms with E-state index in [2.05, 4.69) is 0 Å². The molecule has 0 radical (unpaired) electrons. The first-order valence-corrected chi connectivity index (χ1v) is 5.61. The fraction of sp³-hybridized carbons (Fsp3) is 0.462. The van der Waals surface area contributed by atoms with Crippen molar-refractivity contribution in [2.24, 2.45) is 5.92 Å². The number of benzene rings is 1. The third-order valence-corrected chi connectivity index (χ3v) is 3.24. The lowest BCUT2D eigenvalue weighted by molar-refractivity contribution is -0.145. The van der Waals surface area contributed by atoms with Gasteiger partial charge in [-0.25, -0.2) is 0 Å². The van der Waals surface area contributed by atoms with Gasteiger partial charge in [0.1, 0.15) is 11.9 Å². The van der Waals surface area contributed by atoms with Crippen molar-refractivity contribution in [3.63, 3.8) is 0 Å². The smallest absolute Gasteiger partial charge is 0.310 e. The monoisotopic (exact) mass is 220 g/mol. The van der Waals surface area contributed by atoms with E-state index in [9.17, 15) is 9.90 Å². The van der Waals surface area contributed by atoms with E-state index in [1.807, 2.05) is 32.0 Å². The summed E-state index contributed by atoms with van der Waals surface area (Å²) in [6, 6.07) is 5.86. The third-order valence-electron chi connectivity index (χ3n) is 3.24. The van der Waals surface area contributed by atoms with Gasteiger partial charge >= 0.3 is 5.97 Å². The van der Waals surface area contributed by atoms with Gasteiger partial charge in [0, 0.05) is 0 Å². The number of carboxylic acid groups (broad SMARTS) is 1. The van der Waals surface area contributed by atoms with Gasteiger partial charge in [-0.15, -0.1) is 0 Å². The highest BCUT2D eigenvalue weighted by Gasteiger charge is 2.34. The molecule has 1 aliphatic rings. The molecule has 3 nitrogen and oxygen atoms in total. The molecule has 0 bridgehead atoms. The molecule has 2 atom stereocenters. The van der Waals surface area contributed by atoms with Gasteiger partial charge in [0.2, 0.25) is 0 Å². The fourth-order valence-corrected chi connectivity index (χ4v) is 2.26. The Bertz CT molecular complexity index is 412. The zero-order chi connectivity index (χ0) is 11.7. The second kappa shape index (κ2) is 4.16. The summed E-state index contributed by atoms with van der Waals surface area (Å²) >= 11 is 0. The Morgan fingerprint density at radius 2 is 2.31 bits per heavy atom. The maximum Gasteiger partial charge on any atom is 0.310 e. The summed E-state index contributed by atoms with van der Waals surface area (Å²) in [6.45, 7) is 3.95. The summed E-state index contributed by atoms with van der Waals surface area (Å²) in [6.07, 6.45) is 1.10. The molecule has 0 saturated heterocycles. The topological polar surface area (TPSA) is 46.5 Å². The van der Waals surface area contributed by atoms with Crippen molar-refractivity contribution in [2.45, 2.75) is 32.8 Å². The lowest BCUT2D eigenvalue weighted by Crippen LogP contribution is -2.37. The second-order valence-corrected chi connectivity index (χ2v) is 4.27. The number of carbonyl (C=O) groups is 1. The highest BCUT2D eigenvalue weighted by molar-refractivity contribution is 5.72. The molecular weight excluding hydrogens is 204 g/mol. The van der Waals surface area contributed by atoms with E-state index in [0.717, 1.165) is 23.3 Å². The quantitative estimate of drug-likeness (QED) is 0.832. The number of hydrogen-bond acceptors (Lipinski definition) is 2. The number of hydrogen-bond donors (Lipinski definition) is 1. The van der Waals surface area contributed by atoms with Crippen LogP contribution in [0.2, 0.25) is 0 Å². The minimum Gasteiger partial charge on any atom is -0.489 e. The van der Waals surface area contributed by atoms with E-state index >= 15 is 0 Å². The second-order valence-electron chi connectivity index (χ2n) is 4.27. The molecular formula is C13H16O3. The molecule has 16 heavy (non-hydrogen) atoms. The summed E-state index contributed by atoms with van der Waals surface area (Å²) in [7, 11) is 0. The van der Waals surface area contributed by atoms with E-state index in [-0.39, 0.29) is 6.10 Å². The van der Waals surface area contributed by atoms with Crippen LogP contribution >= 0.6 is 0 Å². The molecule has 0 aromatic heterocycles. The van der Waals surface area contributed by atoms with E-state index < -0.39 is 11.9 Å². The Hall–Kier alpha value is -1.51. The van der Waals surface area contributed by atoms with Gasteiger partial charge in [0.25, 0.3) is 0 Å². The van der Waals surface area contributed by atoms with Crippen LogP contribution in [-0.4, -0.2) is 17.2 Å². The summed E-state index contributed by atoms with van der Waals surface area (Å²) < 4.78 is 5.76. The van der Waals surface area contributed by atoms with Crippen LogP contribution in [0.5, 0.6) is 5.75 Å². The van der Waals surface area contributed by atoms with Crippen LogP contribution < -0.4 is 4.74 Å². The largest absolute Gasteiger partial charge is 0.489 e. The lowest BCUT2D eigenvalue weighted by atomic mass is 9.87. The van der Waals surface area contributed by atoms with Gasteiger partial charge in [-0.3, -0.25) is 4.79 Å². The molecule has 1 aromatic rings. The highest BCUT2D eigenvalue weighted by Crippen LogP contribution is 2.34. The summed E-state index contributed by atoms with van der Waals surface area (Å²) in [5, 5.41) is 9.18. The number of rotatable bonds is 2. The minimum atomic E-state index is -0.763. The molecule has 3 heteroatoms. The van der Waals surface area contributed by atoms with E-state index in [4.69, 9.17) is 4.74 Å². The van der Waals surface area contributed by atoms with E-state index in [1.165, 1.54) is 0 Å². The first kappa shape index (κ1) is 11.0. The molecule has 0 aliphatic carbocycles. The van der Waals surface area contributed by atoms with Crippen molar-refractivity contribution < 1.29 is 14.6 Å². The van der Waals surface area contributed by atoms with Crippen molar-refractivity contribution in [2.75, 3.05) is 0 Å². The average molecular weight is 220 g/mol. The minimum absolute atomic E-state index is 0.202. The van der Waals surface area contributed by atoms with E-state index in [0.29, 0.717) is 6.42 Å². The van der Waals surface area contributed by atoms with Crippen LogP contribution in [0.25, 0.3) is 0 Å². The Balaban J connectivity index is 2.38. The molecule has 0 amide bonds. The zero-order valence-corrected chi connectivity index (χ0v) is 9.56. The van der Waals surface area contributed by atoms with E-state index in [1.54, 1.807) is 0 Å². The maximum absolute atomic E-state index is 11.2. The maximum atomic E-state index is 11.2. The van der Waals surface area contributed by atoms with Gasteiger partial charge in [0.05, 0.1) is 5.92 Å².